The molecule has 1 aliphatic carbocycles. The highest BCUT2D eigenvalue weighted by atomic mass is 16.6. The van der Waals surface area contributed by atoms with Crippen LogP contribution >= 0.6 is 0 Å². The lowest BCUT2D eigenvalue weighted by Crippen LogP contribution is -2.42. The fourth-order valence-corrected chi connectivity index (χ4v) is 2.69. The van der Waals surface area contributed by atoms with Crippen LogP contribution in [0.25, 0.3) is 11.0 Å². The number of nitro benzene ring substituents is 1. The number of hydrogen-bond donors (Lipinski definition) is 3. The Balaban J connectivity index is 1.83. The zero-order chi connectivity index (χ0) is 14.1. The van der Waals surface area contributed by atoms with Gasteiger partial charge in [0, 0.05) is 24.2 Å². The fraction of sp³-hybridized carbons (Fsp3) is 0.462. The van der Waals surface area contributed by atoms with Gasteiger partial charge >= 0.3 is 0 Å². The maximum atomic E-state index is 10.8. The maximum absolute atomic E-state index is 10.8. The second kappa shape index (κ2) is 5.09. The first-order chi connectivity index (χ1) is 9.63. The van der Waals surface area contributed by atoms with E-state index in [2.05, 4.69) is 15.3 Å². The Hall–Kier alpha value is -2.15. The zero-order valence-corrected chi connectivity index (χ0v) is 11.0. The van der Waals surface area contributed by atoms with Gasteiger partial charge in [0.25, 0.3) is 5.69 Å². The number of anilines is 1. The Morgan fingerprint density at radius 1 is 1.40 bits per heavy atom. The van der Waals surface area contributed by atoms with Crippen LogP contribution in [0.2, 0.25) is 0 Å². The van der Waals surface area contributed by atoms with Crippen molar-refractivity contribution in [3.63, 3.8) is 0 Å². The average Bonchev–Trinajstić information content (AvgIpc) is 2.82. The molecule has 1 aromatic carbocycles. The van der Waals surface area contributed by atoms with Crippen LogP contribution in [0.15, 0.2) is 18.2 Å². The predicted molar refractivity (Wildman–Crippen MR) is 76.6 cm³/mol. The smallest absolute Gasteiger partial charge is 0.271 e. The number of hydrogen-bond acceptors (Lipinski definition) is 5. The minimum Gasteiger partial charge on any atom is -0.352 e. The van der Waals surface area contributed by atoms with Gasteiger partial charge in [-0.15, -0.1) is 0 Å². The molecule has 2 aromatic rings. The number of nitro groups is 1. The van der Waals surface area contributed by atoms with Crippen LogP contribution in [0.3, 0.4) is 0 Å². The lowest BCUT2D eigenvalue weighted by molar-refractivity contribution is -0.384. The summed E-state index contributed by atoms with van der Waals surface area (Å²) in [5.41, 5.74) is 7.52. The highest BCUT2D eigenvalue weighted by Crippen LogP contribution is 2.23. The van der Waals surface area contributed by atoms with Gasteiger partial charge in [-0.05, 0) is 18.9 Å². The molecule has 20 heavy (non-hydrogen) atoms. The van der Waals surface area contributed by atoms with E-state index in [1.54, 1.807) is 6.07 Å². The zero-order valence-electron chi connectivity index (χ0n) is 11.0. The molecule has 1 saturated carbocycles. The molecule has 0 saturated heterocycles. The first-order valence-corrected chi connectivity index (χ1v) is 6.80. The summed E-state index contributed by atoms with van der Waals surface area (Å²) in [6.45, 7) is 0. The molecule has 2 atom stereocenters. The summed E-state index contributed by atoms with van der Waals surface area (Å²) >= 11 is 0. The number of nitrogens with zero attached hydrogens (tertiary/aromatic N) is 2. The van der Waals surface area contributed by atoms with E-state index in [0.29, 0.717) is 17.0 Å². The quantitative estimate of drug-likeness (QED) is 0.587. The van der Waals surface area contributed by atoms with Gasteiger partial charge in [0.05, 0.1) is 16.0 Å². The molecular formula is C13H17N5O2. The number of rotatable bonds is 3. The third-order valence-corrected chi connectivity index (χ3v) is 3.82. The van der Waals surface area contributed by atoms with Gasteiger partial charge in [-0.3, -0.25) is 10.1 Å². The molecule has 7 heteroatoms. The second-order valence-corrected chi connectivity index (χ2v) is 5.24. The molecule has 3 rings (SSSR count). The Morgan fingerprint density at radius 3 is 2.95 bits per heavy atom. The van der Waals surface area contributed by atoms with E-state index in [1.807, 2.05) is 0 Å². The molecule has 0 unspecified atom stereocenters. The summed E-state index contributed by atoms with van der Waals surface area (Å²) in [6, 6.07) is 4.94. The minimum absolute atomic E-state index is 0.0575. The van der Waals surface area contributed by atoms with Gasteiger partial charge in [-0.1, -0.05) is 12.8 Å². The van der Waals surface area contributed by atoms with E-state index in [9.17, 15) is 10.1 Å². The Morgan fingerprint density at radius 2 is 2.20 bits per heavy atom. The molecule has 0 aliphatic heterocycles. The third-order valence-electron chi connectivity index (χ3n) is 3.82. The average molecular weight is 275 g/mol. The Labute approximate surface area is 115 Å². The van der Waals surface area contributed by atoms with Gasteiger partial charge in [-0.2, -0.15) is 0 Å². The van der Waals surface area contributed by atoms with E-state index < -0.39 is 4.92 Å². The molecule has 7 nitrogen and oxygen atoms in total. The van der Waals surface area contributed by atoms with E-state index in [-0.39, 0.29) is 17.8 Å². The van der Waals surface area contributed by atoms with Crippen molar-refractivity contribution < 1.29 is 4.92 Å². The normalized spacial score (nSPS) is 22.9. The molecule has 1 heterocycles. The summed E-state index contributed by atoms with van der Waals surface area (Å²) in [4.78, 5) is 17.8. The number of nitrogens with two attached hydrogens (primary N) is 1. The Kier molecular flexibility index (Phi) is 3.27. The number of fused-ring (bicyclic) bond motifs is 1. The van der Waals surface area contributed by atoms with Crippen LogP contribution in [0.5, 0.6) is 0 Å². The van der Waals surface area contributed by atoms with Crippen LogP contribution < -0.4 is 11.1 Å². The highest BCUT2D eigenvalue weighted by Gasteiger charge is 2.22. The molecule has 0 amide bonds. The van der Waals surface area contributed by atoms with Crippen molar-refractivity contribution in [3.05, 3.63) is 28.3 Å². The summed E-state index contributed by atoms with van der Waals surface area (Å²) < 4.78 is 0. The number of non-ortho nitro benzene ring substituents is 1. The molecule has 4 N–H and O–H groups in total. The van der Waals surface area contributed by atoms with Crippen molar-refractivity contribution in [2.75, 3.05) is 5.32 Å². The molecule has 1 aliphatic rings. The molecule has 0 radical (unpaired) electrons. The number of imidazole rings is 1. The van der Waals surface area contributed by atoms with Crippen molar-refractivity contribution in [1.82, 2.24) is 9.97 Å². The summed E-state index contributed by atoms with van der Waals surface area (Å²) in [5.74, 6) is 0.628. The van der Waals surface area contributed by atoms with Crippen LogP contribution in [-0.2, 0) is 0 Å². The summed E-state index contributed by atoms with van der Waals surface area (Å²) in [6.07, 6.45) is 4.38. The van der Waals surface area contributed by atoms with Gasteiger partial charge in [0.1, 0.15) is 0 Å². The van der Waals surface area contributed by atoms with Gasteiger partial charge in [-0.25, -0.2) is 4.98 Å². The monoisotopic (exact) mass is 275 g/mol. The molecule has 0 bridgehead atoms. The predicted octanol–water partition coefficient (Wildman–Crippen LogP) is 2.15. The van der Waals surface area contributed by atoms with Crippen LogP contribution in [0.4, 0.5) is 11.6 Å². The molecule has 1 aromatic heterocycles. The van der Waals surface area contributed by atoms with Gasteiger partial charge in [0.15, 0.2) is 0 Å². The topological polar surface area (TPSA) is 110 Å². The SMILES string of the molecule is N[C@@H]1CCCC[C@@H]1Nc1nc2ccc([N+](=O)[O-])cc2[nH]1. The van der Waals surface area contributed by atoms with Crippen molar-refractivity contribution in [2.24, 2.45) is 5.73 Å². The van der Waals surface area contributed by atoms with E-state index in [1.165, 1.54) is 18.6 Å². The first-order valence-electron chi connectivity index (χ1n) is 6.80. The molecule has 1 fully saturated rings. The lowest BCUT2D eigenvalue weighted by atomic mass is 9.91. The first kappa shape index (κ1) is 12.9. The maximum Gasteiger partial charge on any atom is 0.271 e. The van der Waals surface area contributed by atoms with Crippen molar-refractivity contribution in [2.45, 2.75) is 37.8 Å². The van der Waals surface area contributed by atoms with E-state index in [0.717, 1.165) is 19.3 Å². The number of aromatic amines is 1. The lowest BCUT2D eigenvalue weighted by Gasteiger charge is -2.29. The Bertz CT molecular complexity index is 639. The third kappa shape index (κ3) is 2.44. The van der Waals surface area contributed by atoms with E-state index >= 15 is 0 Å². The number of H-pyrrole nitrogens is 1. The molecule has 0 spiro atoms. The van der Waals surface area contributed by atoms with Crippen LogP contribution in [0.1, 0.15) is 25.7 Å². The van der Waals surface area contributed by atoms with Crippen LogP contribution in [-0.4, -0.2) is 27.0 Å². The van der Waals surface area contributed by atoms with Gasteiger partial charge < -0.3 is 16.0 Å². The second-order valence-electron chi connectivity index (χ2n) is 5.24. The summed E-state index contributed by atoms with van der Waals surface area (Å²) in [5, 5.41) is 14.1. The number of nitrogens with one attached hydrogen (secondary N) is 2. The number of aromatic nitrogens is 2. The molecular weight excluding hydrogens is 258 g/mol. The van der Waals surface area contributed by atoms with Crippen LogP contribution in [0, 0.1) is 10.1 Å². The van der Waals surface area contributed by atoms with Crippen molar-refractivity contribution in [1.29, 1.82) is 0 Å². The minimum atomic E-state index is -0.412. The van der Waals surface area contributed by atoms with E-state index in [4.69, 9.17) is 5.73 Å². The number of benzene rings is 1. The largest absolute Gasteiger partial charge is 0.352 e. The summed E-state index contributed by atoms with van der Waals surface area (Å²) in [7, 11) is 0. The van der Waals surface area contributed by atoms with Crippen molar-refractivity contribution >= 4 is 22.7 Å². The fourth-order valence-electron chi connectivity index (χ4n) is 2.69. The molecule has 106 valence electrons. The highest BCUT2D eigenvalue weighted by molar-refractivity contribution is 5.79. The standard InChI is InChI=1S/C13H17N5O2/c14-9-3-1-2-4-10(9)15-13-16-11-6-5-8(18(19)20)7-12(11)17-13/h5-7,9-10H,1-4,14H2,(H2,15,16,17)/t9-,10+/m1/s1. The van der Waals surface area contributed by atoms with Gasteiger partial charge in [0.2, 0.25) is 5.95 Å². The van der Waals surface area contributed by atoms with Crippen molar-refractivity contribution in [3.8, 4) is 0 Å².